The van der Waals surface area contributed by atoms with Crippen molar-refractivity contribution >= 4 is 29.3 Å². The maximum atomic E-state index is 12.7. The van der Waals surface area contributed by atoms with E-state index in [1.165, 1.54) is 0 Å². The highest BCUT2D eigenvalue weighted by Crippen LogP contribution is 2.19. The number of aromatic nitrogens is 4. The maximum absolute atomic E-state index is 12.7. The van der Waals surface area contributed by atoms with Gasteiger partial charge in [-0.3, -0.25) is 19.4 Å². The fourth-order valence-electron chi connectivity index (χ4n) is 2.53. The van der Waals surface area contributed by atoms with E-state index in [0.29, 0.717) is 11.4 Å². The topological polar surface area (TPSA) is 133 Å². The number of ketones is 1. The molecule has 10 heteroatoms. The van der Waals surface area contributed by atoms with E-state index in [1.807, 2.05) is 7.05 Å². The molecule has 0 fully saturated rings. The molecule has 0 bridgehead atoms. The van der Waals surface area contributed by atoms with E-state index >= 15 is 0 Å². The predicted octanol–water partition coefficient (Wildman–Crippen LogP) is 0.334. The summed E-state index contributed by atoms with van der Waals surface area (Å²) in [5, 5.41) is 2.55. The Bertz CT molecular complexity index is 981. The Morgan fingerprint density at radius 1 is 1.26 bits per heavy atom. The van der Waals surface area contributed by atoms with Crippen molar-refractivity contribution in [2.24, 2.45) is 12.8 Å². The number of hydrogen-bond donors (Lipinski definition) is 2. The van der Waals surface area contributed by atoms with E-state index in [2.05, 4.69) is 19.0 Å². The molecule has 0 radical (unpaired) electrons. The summed E-state index contributed by atoms with van der Waals surface area (Å²) in [6.45, 7) is 0. The highest BCUT2D eigenvalue weighted by Gasteiger charge is 2.28. The normalized spacial score (nSPS) is 11.7. The number of carbonyl (C=O) groups is 3. The van der Waals surface area contributed by atoms with Gasteiger partial charge in [-0.05, 0) is 23.8 Å². The van der Waals surface area contributed by atoms with Crippen molar-refractivity contribution in [3.8, 4) is 11.4 Å². The molecular formula is C17H16N6O3S. The van der Waals surface area contributed by atoms with Crippen molar-refractivity contribution in [2.75, 3.05) is 0 Å². The molecule has 0 aromatic carbocycles. The Balaban J connectivity index is 1.84. The van der Waals surface area contributed by atoms with Gasteiger partial charge in [0.2, 0.25) is 5.78 Å². The van der Waals surface area contributed by atoms with E-state index < -0.39 is 23.6 Å². The molecular weight excluding hydrogens is 368 g/mol. The summed E-state index contributed by atoms with van der Waals surface area (Å²) in [5.74, 6) is -2.62. The number of Topliss-reactive ketones (excluding diaryl/α,β-unsaturated/α-hetero) is 1. The molecule has 9 nitrogen and oxygen atoms in total. The quantitative estimate of drug-likeness (QED) is 0.564. The van der Waals surface area contributed by atoms with Gasteiger partial charge in [0.15, 0.2) is 5.69 Å². The van der Waals surface area contributed by atoms with E-state index in [4.69, 9.17) is 5.73 Å². The maximum Gasteiger partial charge on any atom is 0.287 e. The van der Waals surface area contributed by atoms with Gasteiger partial charge < -0.3 is 15.6 Å². The zero-order chi connectivity index (χ0) is 19.4. The smallest absolute Gasteiger partial charge is 0.287 e. The van der Waals surface area contributed by atoms with Gasteiger partial charge in [-0.15, -0.1) is 0 Å². The number of nitrogens with one attached hydrogen (secondary N) is 1. The Morgan fingerprint density at radius 2 is 2.07 bits per heavy atom. The average Bonchev–Trinajstić information content (AvgIpc) is 3.30. The first-order valence-electron chi connectivity index (χ1n) is 7.95. The van der Waals surface area contributed by atoms with Crippen molar-refractivity contribution in [2.45, 2.75) is 12.5 Å². The van der Waals surface area contributed by atoms with Gasteiger partial charge in [-0.25, -0.2) is 0 Å². The lowest BCUT2D eigenvalue weighted by Gasteiger charge is -2.15. The Labute approximate surface area is 158 Å². The monoisotopic (exact) mass is 384 g/mol. The molecule has 0 saturated carbocycles. The summed E-state index contributed by atoms with van der Waals surface area (Å²) in [5.41, 5.74) is 6.73. The van der Waals surface area contributed by atoms with Crippen LogP contribution in [0.1, 0.15) is 16.1 Å². The van der Waals surface area contributed by atoms with Crippen LogP contribution in [0.2, 0.25) is 0 Å². The Hall–Kier alpha value is -3.40. The minimum Gasteiger partial charge on any atom is -0.363 e. The van der Waals surface area contributed by atoms with Crippen LogP contribution >= 0.6 is 11.7 Å². The molecule has 0 saturated heterocycles. The molecule has 3 N–H and O–H groups in total. The summed E-state index contributed by atoms with van der Waals surface area (Å²) >= 11 is 0.858. The number of nitrogens with two attached hydrogens (primary N) is 1. The number of rotatable bonds is 7. The zero-order valence-electron chi connectivity index (χ0n) is 14.3. The van der Waals surface area contributed by atoms with Crippen molar-refractivity contribution in [1.29, 1.82) is 0 Å². The molecule has 3 heterocycles. The molecule has 27 heavy (non-hydrogen) atoms. The van der Waals surface area contributed by atoms with Crippen molar-refractivity contribution in [3.05, 3.63) is 54.1 Å². The summed E-state index contributed by atoms with van der Waals surface area (Å²) in [6.07, 6.45) is 5.29. The third kappa shape index (κ3) is 4.23. The fraction of sp³-hybridized carbons (Fsp3) is 0.176. The zero-order valence-corrected chi connectivity index (χ0v) is 15.1. The number of pyridine rings is 1. The highest BCUT2D eigenvalue weighted by molar-refractivity contribution is 6.99. The summed E-state index contributed by atoms with van der Waals surface area (Å²) < 4.78 is 9.92. The molecule has 0 aliphatic carbocycles. The third-order valence-electron chi connectivity index (χ3n) is 3.81. The Morgan fingerprint density at radius 3 is 2.70 bits per heavy atom. The largest absolute Gasteiger partial charge is 0.363 e. The lowest BCUT2D eigenvalue weighted by atomic mass is 10.0. The van der Waals surface area contributed by atoms with E-state index in [-0.39, 0.29) is 12.1 Å². The number of aryl methyl sites for hydroxylation is 1. The van der Waals surface area contributed by atoms with Crippen LogP contribution < -0.4 is 11.1 Å². The molecule has 0 aliphatic rings. The lowest BCUT2D eigenvalue weighted by molar-refractivity contribution is -0.137. The SMILES string of the molecule is Cn1ccc(CC(NC(=O)c2nsnc2-c2ccccn2)C(=O)C(N)=O)c1. The van der Waals surface area contributed by atoms with E-state index in [0.717, 1.165) is 17.3 Å². The van der Waals surface area contributed by atoms with Crippen molar-refractivity contribution in [3.63, 3.8) is 0 Å². The predicted molar refractivity (Wildman–Crippen MR) is 97.7 cm³/mol. The van der Waals surface area contributed by atoms with Gasteiger partial charge in [-0.1, -0.05) is 6.07 Å². The van der Waals surface area contributed by atoms with Crippen LogP contribution in [0.3, 0.4) is 0 Å². The molecule has 3 rings (SSSR count). The minimum atomic E-state index is -1.11. The number of primary amides is 1. The molecule has 3 aromatic rings. The standard InChI is InChI=1S/C17H16N6O3S/c1-23-7-5-10(9-23)8-12(15(24)16(18)25)20-17(26)14-13(21-27-22-14)11-4-2-3-6-19-11/h2-7,9,12H,8H2,1H3,(H2,18,25)(H,20,26). The minimum absolute atomic E-state index is 0.0361. The number of amides is 2. The van der Waals surface area contributed by atoms with Crippen molar-refractivity contribution in [1.82, 2.24) is 23.6 Å². The highest BCUT2D eigenvalue weighted by atomic mass is 32.1. The molecule has 3 aromatic heterocycles. The van der Waals surface area contributed by atoms with Crippen LogP contribution in [-0.4, -0.2) is 41.9 Å². The number of hydrogen-bond acceptors (Lipinski definition) is 7. The molecule has 2 amide bonds. The first-order chi connectivity index (χ1) is 13.0. The Kier molecular flexibility index (Phi) is 5.36. The number of carbonyl (C=O) groups excluding carboxylic acids is 3. The van der Waals surface area contributed by atoms with Crippen LogP contribution in [0.15, 0.2) is 42.9 Å². The second-order valence-electron chi connectivity index (χ2n) is 5.82. The summed E-state index contributed by atoms with van der Waals surface area (Å²) in [6, 6.07) is 5.89. The van der Waals surface area contributed by atoms with Gasteiger partial charge >= 0.3 is 0 Å². The van der Waals surface area contributed by atoms with Crippen LogP contribution in [0.5, 0.6) is 0 Å². The molecule has 0 aliphatic heterocycles. The third-order valence-corrected chi connectivity index (χ3v) is 4.34. The second kappa shape index (κ2) is 7.87. The first-order valence-corrected chi connectivity index (χ1v) is 8.68. The van der Waals surface area contributed by atoms with Gasteiger partial charge in [-0.2, -0.15) is 8.75 Å². The molecule has 1 unspecified atom stereocenters. The van der Waals surface area contributed by atoms with E-state index in [1.54, 1.807) is 47.4 Å². The molecule has 1 atom stereocenters. The first kappa shape index (κ1) is 18.4. The lowest BCUT2D eigenvalue weighted by Crippen LogP contribution is -2.47. The van der Waals surface area contributed by atoms with Crippen LogP contribution in [0.4, 0.5) is 0 Å². The van der Waals surface area contributed by atoms with Crippen LogP contribution in [0.25, 0.3) is 11.4 Å². The van der Waals surface area contributed by atoms with Gasteiger partial charge in [0.05, 0.1) is 17.4 Å². The van der Waals surface area contributed by atoms with Crippen LogP contribution in [0, 0.1) is 0 Å². The van der Waals surface area contributed by atoms with Gasteiger partial charge in [0.1, 0.15) is 11.7 Å². The van der Waals surface area contributed by atoms with Crippen molar-refractivity contribution < 1.29 is 14.4 Å². The summed E-state index contributed by atoms with van der Waals surface area (Å²) in [4.78, 5) is 40.4. The summed E-state index contributed by atoms with van der Waals surface area (Å²) in [7, 11) is 1.83. The second-order valence-corrected chi connectivity index (χ2v) is 6.35. The molecule has 0 spiro atoms. The van der Waals surface area contributed by atoms with Gasteiger partial charge in [0.25, 0.3) is 11.8 Å². The van der Waals surface area contributed by atoms with Crippen LogP contribution in [-0.2, 0) is 23.1 Å². The van der Waals surface area contributed by atoms with E-state index in [9.17, 15) is 14.4 Å². The molecule has 138 valence electrons. The number of nitrogens with zero attached hydrogens (tertiary/aromatic N) is 4. The van der Waals surface area contributed by atoms with Gasteiger partial charge in [0, 0.05) is 32.1 Å². The average molecular weight is 384 g/mol. The fourth-order valence-corrected chi connectivity index (χ4v) is 3.09.